The minimum absolute atomic E-state index is 0.189. The standard InChI is InChI=1S/C34H38N4O/c1-9-12-23-18(6)26-13-24-16(4)21(10-2)28(35-24)14-25-17(5)22(11-3)29(36-25)15-27-19(7)31-33(38-27)30(32(23)37-26)20(8)34(31)39/h10,13-15,18,20,23,35,38H,2,9,11-12H2,1,3-8H3. The molecule has 1 aliphatic carbocycles. The zero-order valence-electron chi connectivity index (χ0n) is 24.2. The van der Waals surface area contributed by atoms with Gasteiger partial charge in [0, 0.05) is 56.7 Å². The number of hydrogen-bond donors (Lipinski definition) is 2. The average Bonchev–Trinajstić information content (AvgIpc) is 3.63. The molecule has 3 atom stereocenters. The molecule has 3 aliphatic rings. The van der Waals surface area contributed by atoms with Gasteiger partial charge in [-0.25, -0.2) is 4.98 Å². The van der Waals surface area contributed by atoms with Crippen LogP contribution in [0.5, 0.6) is 0 Å². The van der Waals surface area contributed by atoms with Crippen molar-refractivity contribution in [1.29, 1.82) is 0 Å². The summed E-state index contributed by atoms with van der Waals surface area (Å²) in [4.78, 5) is 31.4. The molecule has 0 aromatic carbocycles. The molecule has 0 spiro atoms. The number of carbonyl (C=O) groups excluding carboxylic acids is 1. The Hall–Kier alpha value is -3.73. The molecule has 0 radical (unpaired) electrons. The molecule has 5 heterocycles. The van der Waals surface area contributed by atoms with E-state index in [1.165, 1.54) is 11.1 Å². The third-order valence-corrected chi connectivity index (χ3v) is 9.34. The quantitative estimate of drug-likeness (QED) is 0.362. The first-order valence-corrected chi connectivity index (χ1v) is 14.3. The fourth-order valence-corrected chi connectivity index (χ4v) is 7.00. The number of nitrogens with one attached hydrogen (secondary N) is 2. The predicted octanol–water partition coefficient (Wildman–Crippen LogP) is 8.90. The molecular formula is C34H38N4O. The van der Waals surface area contributed by atoms with Crippen LogP contribution in [0, 0.1) is 13.8 Å². The van der Waals surface area contributed by atoms with Gasteiger partial charge in [0.25, 0.3) is 0 Å². The lowest BCUT2D eigenvalue weighted by Crippen LogP contribution is -2.08. The highest BCUT2D eigenvalue weighted by atomic mass is 16.1. The van der Waals surface area contributed by atoms with Crippen LogP contribution >= 0.6 is 0 Å². The van der Waals surface area contributed by atoms with Crippen LogP contribution in [0.3, 0.4) is 0 Å². The Morgan fingerprint density at radius 1 is 0.949 bits per heavy atom. The van der Waals surface area contributed by atoms with E-state index in [9.17, 15) is 4.79 Å². The number of H-pyrrole nitrogens is 2. The minimum Gasteiger partial charge on any atom is -0.355 e. The minimum atomic E-state index is -0.208. The van der Waals surface area contributed by atoms with Crippen molar-refractivity contribution in [1.82, 2.24) is 19.9 Å². The molecule has 0 saturated carbocycles. The van der Waals surface area contributed by atoms with Crippen molar-refractivity contribution in [3.05, 3.63) is 75.4 Å². The molecule has 8 bridgehead atoms. The van der Waals surface area contributed by atoms with Crippen LogP contribution < -0.4 is 0 Å². The summed E-state index contributed by atoms with van der Waals surface area (Å²) in [6.07, 6.45) is 4.92. The van der Waals surface area contributed by atoms with Crippen molar-refractivity contribution >= 4 is 45.1 Å². The zero-order valence-corrected chi connectivity index (χ0v) is 24.2. The molecule has 2 N–H and O–H groups in total. The number of rotatable bonds is 4. The van der Waals surface area contributed by atoms with Gasteiger partial charge in [-0.3, -0.25) is 9.78 Å². The van der Waals surface area contributed by atoms with E-state index in [1.807, 2.05) is 13.0 Å². The van der Waals surface area contributed by atoms with Crippen LogP contribution in [0.1, 0.15) is 127 Å². The number of hydrogen-bond acceptors (Lipinski definition) is 3. The summed E-state index contributed by atoms with van der Waals surface area (Å²) >= 11 is 0. The van der Waals surface area contributed by atoms with E-state index in [1.54, 1.807) is 0 Å². The number of aryl methyl sites for hydroxylation is 2. The maximum Gasteiger partial charge on any atom is 0.172 e. The number of carbonyl (C=O) groups is 1. The average molecular weight is 519 g/mol. The molecule has 2 aliphatic heterocycles. The fourth-order valence-electron chi connectivity index (χ4n) is 7.00. The smallest absolute Gasteiger partial charge is 0.172 e. The van der Waals surface area contributed by atoms with Crippen LogP contribution in [-0.4, -0.2) is 25.7 Å². The lowest BCUT2D eigenvalue weighted by atomic mass is 9.84. The van der Waals surface area contributed by atoms with E-state index < -0.39 is 0 Å². The fraction of sp³-hybridized carbons (Fsp3) is 0.382. The van der Waals surface area contributed by atoms with Gasteiger partial charge in [0.1, 0.15) is 0 Å². The van der Waals surface area contributed by atoms with Crippen molar-refractivity contribution in [2.75, 3.05) is 0 Å². The van der Waals surface area contributed by atoms with E-state index in [0.717, 1.165) is 91.9 Å². The van der Waals surface area contributed by atoms with Crippen molar-refractivity contribution in [2.24, 2.45) is 0 Å². The summed E-state index contributed by atoms with van der Waals surface area (Å²) in [5.74, 6) is 0.513. The van der Waals surface area contributed by atoms with Crippen molar-refractivity contribution < 1.29 is 4.79 Å². The normalized spacial score (nSPS) is 20.3. The summed E-state index contributed by atoms with van der Waals surface area (Å²) < 4.78 is 0. The third kappa shape index (κ3) is 3.62. The van der Waals surface area contributed by atoms with Gasteiger partial charge >= 0.3 is 0 Å². The predicted molar refractivity (Wildman–Crippen MR) is 162 cm³/mol. The molecule has 5 heteroatoms. The maximum atomic E-state index is 13.7. The first-order valence-electron chi connectivity index (χ1n) is 14.3. The third-order valence-electron chi connectivity index (χ3n) is 9.34. The second-order valence-electron chi connectivity index (χ2n) is 11.5. The summed E-state index contributed by atoms with van der Waals surface area (Å²) in [7, 11) is 0. The number of nitrogens with zero attached hydrogens (tertiary/aromatic N) is 2. The Balaban J connectivity index is 1.83. The molecule has 3 unspecified atom stereocenters. The lowest BCUT2D eigenvalue weighted by molar-refractivity contribution is 0.0973. The number of fused-ring (bicyclic) bond motifs is 8. The number of aromatic nitrogens is 4. The molecular weight excluding hydrogens is 480 g/mol. The van der Waals surface area contributed by atoms with Crippen LogP contribution in [0.2, 0.25) is 0 Å². The number of ketones is 1. The first kappa shape index (κ1) is 25.5. The maximum absolute atomic E-state index is 13.7. The van der Waals surface area contributed by atoms with Gasteiger partial charge in [0.2, 0.25) is 0 Å². The Bertz CT molecular complexity index is 1760. The molecule has 3 aromatic rings. The van der Waals surface area contributed by atoms with E-state index in [0.29, 0.717) is 0 Å². The Labute approximate surface area is 230 Å². The Morgan fingerprint density at radius 3 is 2.36 bits per heavy atom. The van der Waals surface area contributed by atoms with Gasteiger partial charge in [0.15, 0.2) is 5.78 Å². The van der Waals surface area contributed by atoms with Crippen LogP contribution in [0.25, 0.3) is 39.3 Å². The van der Waals surface area contributed by atoms with Gasteiger partial charge in [-0.2, -0.15) is 0 Å². The van der Waals surface area contributed by atoms with Gasteiger partial charge in [-0.15, -0.1) is 0 Å². The largest absolute Gasteiger partial charge is 0.355 e. The molecule has 0 amide bonds. The van der Waals surface area contributed by atoms with Gasteiger partial charge in [0.05, 0.1) is 22.6 Å². The lowest BCUT2D eigenvalue weighted by Gasteiger charge is -2.17. The zero-order chi connectivity index (χ0) is 27.7. The summed E-state index contributed by atoms with van der Waals surface area (Å²) in [6.45, 7) is 19.2. The Kier molecular flexibility index (Phi) is 6.01. The number of Topliss-reactive ketones (excluding diaryl/α,β-unsaturated/α-hetero) is 1. The summed E-state index contributed by atoms with van der Waals surface area (Å²) in [5.41, 5.74) is 15.6. The second-order valence-corrected chi connectivity index (χ2v) is 11.5. The number of allylic oxidation sites excluding steroid dienone is 2. The molecule has 5 nitrogen and oxygen atoms in total. The molecule has 39 heavy (non-hydrogen) atoms. The van der Waals surface area contributed by atoms with Crippen LogP contribution in [-0.2, 0) is 0 Å². The Morgan fingerprint density at radius 2 is 1.67 bits per heavy atom. The highest BCUT2D eigenvalue weighted by Crippen LogP contribution is 2.47. The summed E-state index contributed by atoms with van der Waals surface area (Å²) in [6, 6.07) is 6.49. The molecule has 3 aromatic heterocycles. The van der Waals surface area contributed by atoms with Crippen LogP contribution in [0.4, 0.5) is 0 Å². The van der Waals surface area contributed by atoms with Crippen molar-refractivity contribution in [3.8, 4) is 0 Å². The van der Waals surface area contributed by atoms with E-state index in [2.05, 4.69) is 76.3 Å². The molecule has 0 saturated heterocycles. The highest BCUT2D eigenvalue weighted by Gasteiger charge is 2.39. The van der Waals surface area contributed by atoms with E-state index in [-0.39, 0.29) is 23.5 Å². The monoisotopic (exact) mass is 518 g/mol. The van der Waals surface area contributed by atoms with E-state index in [4.69, 9.17) is 9.97 Å². The van der Waals surface area contributed by atoms with Gasteiger partial charge < -0.3 is 9.97 Å². The van der Waals surface area contributed by atoms with Gasteiger partial charge in [-0.05, 0) is 74.1 Å². The van der Waals surface area contributed by atoms with Gasteiger partial charge in [-0.1, -0.05) is 46.8 Å². The number of aromatic amines is 2. The SMILES string of the molecule is C=Cc1c(C)c2cc3nc(c4c5[nH]c(cc6nc(cc1[nH]2)C(C)=C6CC)c(C)c5C(=O)C4C)C(CCC)C3C. The molecule has 200 valence electrons. The second kappa shape index (κ2) is 9.18. The first-order chi connectivity index (χ1) is 18.7. The summed E-state index contributed by atoms with van der Waals surface area (Å²) in [5, 5.41) is 0. The highest BCUT2D eigenvalue weighted by molar-refractivity contribution is 6.15. The van der Waals surface area contributed by atoms with Crippen molar-refractivity contribution in [2.45, 2.75) is 85.5 Å². The van der Waals surface area contributed by atoms with Crippen molar-refractivity contribution in [3.63, 3.8) is 0 Å². The molecule has 6 rings (SSSR count). The van der Waals surface area contributed by atoms with Crippen LogP contribution in [0.15, 0.2) is 24.8 Å². The van der Waals surface area contributed by atoms with E-state index >= 15 is 0 Å². The molecule has 0 fully saturated rings. The topological polar surface area (TPSA) is 74.4 Å².